The number of carbonyl (C=O) groups excluding carboxylic acids is 1. The predicted molar refractivity (Wildman–Crippen MR) is 64.8 cm³/mol. The number of hydrogen-bond donors (Lipinski definition) is 2. The van der Waals surface area contributed by atoms with Gasteiger partial charge in [0, 0.05) is 6.54 Å². The summed E-state index contributed by atoms with van der Waals surface area (Å²) in [5.41, 5.74) is 0. The van der Waals surface area contributed by atoms with Crippen LogP contribution in [-0.2, 0) is 4.79 Å². The number of nitrogens with one attached hydrogen (secondary N) is 1. The summed E-state index contributed by atoms with van der Waals surface area (Å²) in [5.74, 6) is -0.860. The SMILES string of the molecule is CC(C)C[C@H](NC(=O)N1CCC[C@@H]1C#N)C(=O)O. The highest BCUT2D eigenvalue weighted by molar-refractivity contribution is 5.83. The van der Waals surface area contributed by atoms with Gasteiger partial charge in [-0.05, 0) is 25.2 Å². The second-order valence-electron chi connectivity index (χ2n) is 4.95. The largest absolute Gasteiger partial charge is 0.480 e. The van der Waals surface area contributed by atoms with Crippen molar-refractivity contribution in [2.75, 3.05) is 6.54 Å². The average molecular weight is 253 g/mol. The van der Waals surface area contributed by atoms with E-state index in [0.717, 1.165) is 6.42 Å². The molecule has 2 N–H and O–H groups in total. The zero-order valence-corrected chi connectivity index (χ0v) is 10.7. The highest BCUT2D eigenvalue weighted by atomic mass is 16.4. The maximum Gasteiger partial charge on any atom is 0.326 e. The van der Waals surface area contributed by atoms with Crippen LogP contribution in [0.15, 0.2) is 0 Å². The molecule has 1 rings (SSSR count). The van der Waals surface area contributed by atoms with Crippen LogP contribution in [0, 0.1) is 17.2 Å². The maximum atomic E-state index is 11.9. The van der Waals surface area contributed by atoms with Crippen molar-refractivity contribution in [1.82, 2.24) is 10.2 Å². The first kappa shape index (κ1) is 14.3. The van der Waals surface area contributed by atoms with Gasteiger partial charge in [0.15, 0.2) is 0 Å². The number of hydrogen-bond acceptors (Lipinski definition) is 3. The van der Waals surface area contributed by atoms with E-state index in [2.05, 4.69) is 11.4 Å². The first-order chi connectivity index (χ1) is 8.45. The minimum absolute atomic E-state index is 0.178. The Morgan fingerprint density at radius 3 is 2.72 bits per heavy atom. The third-order valence-corrected chi connectivity index (χ3v) is 2.97. The molecule has 1 saturated heterocycles. The summed E-state index contributed by atoms with van der Waals surface area (Å²) in [6.45, 7) is 4.31. The zero-order chi connectivity index (χ0) is 13.7. The first-order valence-electron chi connectivity index (χ1n) is 6.15. The lowest BCUT2D eigenvalue weighted by molar-refractivity contribution is -0.139. The summed E-state index contributed by atoms with van der Waals surface area (Å²) in [5, 5.41) is 20.4. The third kappa shape index (κ3) is 3.62. The summed E-state index contributed by atoms with van der Waals surface area (Å²) in [6.07, 6.45) is 1.82. The number of amides is 2. The Morgan fingerprint density at radius 1 is 1.56 bits per heavy atom. The van der Waals surface area contributed by atoms with E-state index in [1.165, 1.54) is 4.90 Å². The minimum atomic E-state index is -1.04. The molecule has 2 amide bonds. The second kappa shape index (κ2) is 6.24. The van der Waals surface area contributed by atoms with Crippen LogP contribution in [-0.4, -0.2) is 40.6 Å². The highest BCUT2D eigenvalue weighted by Gasteiger charge is 2.31. The van der Waals surface area contributed by atoms with E-state index in [-0.39, 0.29) is 5.92 Å². The molecule has 6 heteroatoms. The fourth-order valence-corrected chi connectivity index (χ4v) is 2.07. The molecule has 18 heavy (non-hydrogen) atoms. The molecular weight excluding hydrogens is 234 g/mol. The van der Waals surface area contributed by atoms with E-state index in [0.29, 0.717) is 19.4 Å². The van der Waals surface area contributed by atoms with Crippen molar-refractivity contribution in [2.45, 2.75) is 45.2 Å². The molecule has 1 fully saturated rings. The van der Waals surface area contributed by atoms with Crippen LogP contribution in [0.2, 0.25) is 0 Å². The van der Waals surface area contributed by atoms with Gasteiger partial charge in [-0.3, -0.25) is 0 Å². The molecule has 6 nitrogen and oxygen atoms in total. The minimum Gasteiger partial charge on any atom is -0.480 e. The van der Waals surface area contributed by atoms with Gasteiger partial charge in [-0.1, -0.05) is 13.8 Å². The van der Waals surface area contributed by atoms with Gasteiger partial charge < -0.3 is 15.3 Å². The number of urea groups is 1. The van der Waals surface area contributed by atoms with Gasteiger partial charge in [-0.15, -0.1) is 0 Å². The Kier molecular flexibility index (Phi) is 4.95. The predicted octanol–water partition coefficient (Wildman–Crippen LogP) is 1.18. The average Bonchev–Trinajstić information content (AvgIpc) is 2.75. The summed E-state index contributed by atoms with van der Waals surface area (Å²) in [6, 6.07) is 0.281. The molecule has 0 unspecified atom stereocenters. The van der Waals surface area contributed by atoms with Crippen LogP contribution >= 0.6 is 0 Å². The van der Waals surface area contributed by atoms with Crippen LogP contribution in [0.25, 0.3) is 0 Å². The number of carboxylic acid groups (broad SMARTS) is 1. The van der Waals surface area contributed by atoms with Crippen LogP contribution in [0.1, 0.15) is 33.1 Å². The topological polar surface area (TPSA) is 93.4 Å². The van der Waals surface area contributed by atoms with E-state index in [1.54, 1.807) is 0 Å². The van der Waals surface area contributed by atoms with Crippen molar-refractivity contribution < 1.29 is 14.7 Å². The summed E-state index contributed by atoms with van der Waals surface area (Å²) in [7, 11) is 0. The van der Waals surface area contributed by atoms with Crippen molar-refractivity contribution in [3.05, 3.63) is 0 Å². The van der Waals surface area contributed by atoms with Crippen LogP contribution < -0.4 is 5.32 Å². The monoisotopic (exact) mass is 253 g/mol. The zero-order valence-electron chi connectivity index (χ0n) is 10.7. The smallest absolute Gasteiger partial charge is 0.326 e. The van der Waals surface area contributed by atoms with Crippen molar-refractivity contribution in [1.29, 1.82) is 5.26 Å². The molecule has 0 spiro atoms. The molecule has 100 valence electrons. The lowest BCUT2D eigenvalue weighted by Gasteiger charge is -2.23. The molecule has 1 heterocycles. The lowest BCUT2D eigenvalue weighted by atomic mass is 10.0. The summed E-state index contributed by atoms with van der Waals surface area (Å²) in [4.78, 5) is 24.4. The van der Waals surface area contributed by atoms with E-state index >= 15 is 0 Å². The summed E-state index contributed by atoms with van der Waals surface area (Å²) < 4.78 is 0. The summed E-state index contributed by atoms with van der Waals surface area (Å²) >= 11 is 0. The number of nitrogens with zero attached hydrogens (tertiary/aromatic N) is 2. The normalized spacial score (nSPS) is 20.6. The number of rotatable bonds is 4. The van der Waals surface area contributed by atoms with Crippen molar-refractivity contribution >= 4 is 12.0 Å². The van der Waals surface area contributed by atoms with E-state index < -0.39 is 24.1 Å². The molecule has 0 aromatic heterocycles. The van der Waals surface area contributed by atoms with E-state index in [4.69, 9.17) is 10.4 Å². The molecule has 1 aliphatic heterocycles. The molecule has 0 saturated carbocycles. The lowest BCUT2D eigenvalue weighted by Crippen LogP contribution is -2.49. The Bertz CT molecular complexity index is 362. The first-order valence-corrected chi connectivity index (χ1v) is 6.15. The van der Waals surface area contributed by atoms with Gasteiger partial charge >= 0.3 is 12.0 Å². The van der Waals surface area contributed by atoms with Gasteiger partial charge in [0.05, 0.1) is 6.07 Å². The Labute approximate surface area is 107 Å². The molecule has 0 bridgehead atoms. The number of likely N-dealkylation sites (tertiary alicyclic amines) is 1. The van der Waals surface area contributed by atoms with E-state index in [9.17, 15) is 9.59 Å². The van der Waals surface area contributed by atoms with Crippen molar-refractivity contribution in [2.24, 2.45) is 5.92 Å². The van der Waals surface area contributed by atoms with Crippen molar-refractivity contribution in [3.63, 3.8) is 0 Å². The maximum absolute atomic E-state index is 11.9. The van der Waals surface area contributed by atoms with Gasteiger partial charge in [-0.25, -0.2) is 9.59 Å². The molecule has 2 atom stereocenters. The fraction of sp³-hybridized carbons (Fsp3) is 0.750. The molecular formula is C12H19N3O3. The number of nitriles is 1. The Balaban J connectivity index is 2.61. The number of carbonyl (C=O) groups is 2. The van der Waals surface area contributed by atoms with Gasteiger partial charge in [0.25, 0.3) is 0 Å². The van der Waals surface area contributed by atoms with Crippen LogP contribution in [0.3, 0.4) is 0 Å². The molecule has 1 aliphatic rings. The standard InChI is InChI=1S/C12H19N3O3/c1-8(2)6-10(11(16)17)14-12(18)15-5-3-4-9(15)7-13/h8-10H,3-6H2,1-2H3,(H,14,18)(H,16,17)/t9-,10+/m1/s1. The molecule has 0 aliphatic carbocycles. The molecule has 0 radical (unpaired) electrons. The van der Waals surface area contributed by atoms with E-state index in [1.807, 2.05) is 13.8 Å². The second-order valence-corrected chi connectivity index (χ2v) is 4.95. The van der Waals surface area contributed by atoms with Crippen molar-refractivity contribution in [3.8, 4) is 6.07 Å². The van der Waals surface area contributed by atoms with Gasteiger partial charge in [-0.2, -0.15) is 5.26 Å². The van der Waals surface area contributed by atoms with Gasteiger partial charge in [0.2, 0.25) is 0 Å². The number of aliphatic carboxylic acids is 1. The Hall–Kier alpha value is -1.77. The third-order valence-electron chi connectivity index (χ3n) is 2.97. The molecule has 0 aromatic rings. The number of carboxylic acids is 1. The van der Waals surface area contributed by atoms with Crippen LogP contribution in [0.5, 0.6) is 0 Å². The fourth-order valence-electron chi connectivity index (χ4n) is 2.07. The Morgan fingerprint density at radius 2 is 2.22 bits per heavy atom. The van der Waals surface area contributed by atoms with Gasteiger partial charge in [0.1, 0.15) is 12.1 Å². The quantitative estimate of drug-likeness (QED) is 0.786. The molecule has 0 aromatic carbocycles. The highest BCUT2D eigenvalue weighted by Crippen LogP contribution is 2.16. The van der Waals surface area contributed by atoms with Crippen LogP contribution in [0.4, 0.5) is 4.79 Å².